The zero-order valence-electron chi connectivity index (χ0n) is 7.63. The summed E-state index contributed by atoms with van der Waals surface area (Å²) in [7, 11) is 0. The monoisotopic (exact) mass is 217 g/mol. The van der Waals surface area contributed by atoms with Gasteiger partial charge in [0.1, 0.15) is 6.10 Å². The molecule has 2 fully saturated rings. The molecule has 8 heteroatoms. The molecule has 8 nitrogen and oxygen atoms in total. The van der Waals surface area contributed by atoms with Crippen LogP contribution in [0.15, 0.2) is 5.11 Å². The molecule has 2 rings (SSSR count). The largest absolute Gasteiger partial charge is 0.396 e. The molecule has 0 aromatic heterocycles. The van der Waals surface area contributed by atoms with E-state index in [1.54, 1.807) is 0 Å². The van der Waals surface area contributed by atoms with Gasteiger partial charge in [0.15, 0.2) is 11.8 Å². The fraction of sp³-hybridized carbons (Fsp3) is 1.00. The number of hydrogen-bond acceptors (Lipinski definition) is 6. The Morgan fingerprint density at radius 3 is 2.67 bits per heavy atom. The zero-order chi connectivity index (χ0) is 11.2. The number of fused-ring (bicyclic) bond motifs is 1. The first kappa shape index (κ1) is 10.6. The van der Waals surface area contributed by atoms with E-state index in [4.69, 9.17) is 15.4 Å². The molecule has 1 saturated carbocycles. The molecule has 1 heterocycles. The molecule has 0 amide bonds. The van der Waals surface area contributed by atoms with Crippen LogP contribution in [0.2, 0.25) is 0 Å². The van der Waals surface area contributed by atoms with Crippen molar-refractivity contribution in [2.45, 2.75) is 30.1 Å². The molecule has 2 aliphatic rings. The quantitative estimate of drug-likeness (QED) is 0.243. The third kappa shape index (κ3) is 1.11. The predicted molar refractivity (Wildman–Crippen MR) is 45.3 cm³/mol. The average molecular weight is 217 g/mol. The highest BCUT2D eigenvalue weighted by Gasteiger charge is 2.70. The molecule has 0 aromatic carbocycles. The van der Waals surface area contributed by atoms with Crippen LogP contribution in [0.5, 0.6) is 0 Å². The topological polar surface area (TPSA) is 139 Å². The summed E-state index contributed by atoms with van der Waals surface area (Å²) < 4.78 is 5.00. The van der Waals surface area contributed by atoms with Gasteiger partial charge >= 0.3 is 0 Å². The first-order valence-corrected chi connectivity index (χ1v) is 4.46. The Morgan fingerprint density at radius 1 is 1.47 bits per heavy atom. The smallest absolute Gasteiger partial charge is 0.170 e. The standard InChI is InChI=1S/C7H11N3O5/c8-10-9-6-7(14)4(13)3(12)2(1-11)5(7)15-6/h2-6,11-14H,1H2/t2?,3-,4?,5?,6+,7?/m0/s1. The van der Waals surface area contributed by atoms with Crippen LogP contribution in [0.1, 0.15) is 0 Å². The highest BCUT2D eigenvalue weighted by atomic mass is 16.6. The number of rotatable bonds is 2. The second-order valence-corrected chi connectivity index (χ2v) is 3.78. The minimum Gasteiger partial charge on any atom is -0.396 e. The van der Waals surface area contributed by atoms with Crippen molar-refractivity contribution in [1.29, 1.82) is 0 Å². The van der Waals surface area contributed by atoms with E-state index in [2.05, 4.69) is 10.0 Å². The number of aliphatic hydroxyl groups excluding tert-OH is 3. The molecule has 15 heavy (non-hydrogen) atoms. The Balaban J connectivity index is 2.27. The van der Waals surface area contributed by atoms with Crippen molar-refractivity contribution in [3.05, 3.63) is 10.4 Å². The summed E-state index contributed by atoms with van der Waals surface area (Å²) in [5.74, 6) is -0.768. The summed E-state index contributed by atoms with van der Waals surface area (Å²) in [4.78, 5) is 2.46. The molecule has 1 aliphatic heterocycles. The maximum Gasteiger partial charge on any atom is 0.170 e. The summed E-state index contributed by atoms with van der Waals surface area (Å²) in [6.45, 7) is -0.422. The summed E-state index contributed by atoms with van der Waals surface area (Å²) in [5.41, 5.74) is 6.39. The number of nitrogens with zero attached hydrogens (tertiary/aromatic N) is 3. The van der Waals surface area contributed by atoms with Gasteiger partial charge in [-0.2, -0.15) is 0 Å². The lowest BCUT2D eigenvalue weighted by Gasteiger charge is -2.48. The van der Waals surface area contributed by atoms with Gasteiger partial charge in [-0.1, -0.05) is 5.11 Å². The molecule has 0 spiro atoms. The molecule has 84 valence electrons. The minimum absolute atomic E-state index is 0.422. The number of ether oxygens (including phenoxy) is 1. The van der Waals surface area contributed by atoms with E-state index in [1.165, 1.54) is 0 Å². The van der Waals surface area contributed by atoms with Crippen molar-refractivity contribution >= 4 is 0 Å². The van der Waals surface area contributed by atoms with Crippen LogP contribution in [-0.4, -0.2) is 57.2 Å². The normalized spacial score (nSPS) is 52.9. The van der Waals surface area contributed by atoms with E-state index in [0.29, 0.717) is 0 Å². The van der Waals surface area contributed by atoms with Gasteiger partial charge in [0.25, 0.3) is 0 Å². The van der Waals surface area contributed by atoms with Gasteiger partial charge in [0.05, 0.1) is 18.8 Å². The summed E-state index contributed by atoms with van der Waals surface area (Å²) in [5, 5.41) is 41.1. The van der Waals surface area contributed by atoms with Crippen LogP contribution < -0.4 is 0 Å². The SMILES string of the molecule is [N-]=[N+]=N[C@@H]1OC2C(CO)[C@H](O)C(O)C21O. The van der Waals surface area contributed by atoms with E-state index in [9.17, 15) is 15.3 Å². The van der Waals surface area contributed by atoms with Crippen LogP contribution >= 0.6 is 0 Å². The van der Waals surface area contributed by atoms with Crippen LogP contribution in [-0.2, 0) is 4.74 Å². The number of azide groups is 1. The van der Waals surface area contributed by atoms with Crippen LogP contribution in [0.25, 0.3) is 10.4 Å². The lowest BCUT2D eigenvalue weighted by molar-refractivity contribution is -0.306. The number of hydrogen-bond donors (Lipinski definition) is 4. The Morgan fingerprint density at radius 2 is 2.13 bits per heavy atom. The fourth-order valence-electron chi connectivity index (χ4n) is 2.24. The molecule has 4 N–H and O–H groups in total. The van der Waals surface area contributed by atoms with Crippen LogP contribution in [0.3, 0.4) is 0 Å². The molecule has 0 radical (unpaired) electrons. The van der Waals surface area contributed by atoms with Gasteiger partial charge in [-0.3, -0.25) is 0 Å². The molecular formula is C7H11N3O5. The summed E-state index contributed by atoms with van der Waals surface area (Å²) >= 11 is 0. The third-order valence-corrected chi connectivity index (χ3v) is 3.12. The zero-order valence-corrected chi connectivity index (χ0v) is 7.63. The van der Waals surface area contributed by atoms with Gasteiger partial charge in [0, 0.05) is 10.8 Å². The highest BCUT2D eigenvalue weighted by Crippen LogP contribution is 2.49. The van der Waals surface area contributed by atoms with Crippen molar-refractivity contribution in [3.63, 3.8) is 0 Å². The number of aliphatic hydroxyl groups is 4. The lowest BCUT2D eigenvalue weighted by atomic mass is 9.87. The summed E-state index contributed by atoms with van der Waals surface area (Å²) in [6.07, 6.45) is -4.88. The van der Waals surface area contributed by atoms with E-state index >= 15 is 0 Å². The Bertz CT molecular complexity index is 320. The second kappa shape index (κ2) is 3.31. The maximum absolute atomic E-state index is 9.97. The predicted octanol–water partition coefficient (Wildman–Crippen LogP) is -1.90. The first-order valence-electron chi connectivity index (χ1n) is 4.46. The maximum atomic E-state index is 9.97. The Kier molecular flexibility index (Phi) is 2.34. The molecular weight excluding hydrogens is 206 g/mol. The van der Waals surface area contributed by atoms with Crippen LogP contribution in [0, 0.1) is 5.92 Å². The van der Waals surface area contributed by atoms with Crippen molar-refractivity contribution in [2.24, 2.45) is 11.0 Å². The van der Waals surface area contributed by atoms with Crippen molar-refractivity contribution in [1.82, 2.24) is 0 Å². The van der Waals surface area contributed by atoms with Gasteiger partial charge in [-0.15, -0.1) is 0 Å². The first-order chi connectivity index (χ1) is 7.07. The van der Waals surface area contributed by atoms with Crippen molar-refractivity contribution < 1.29 is 25.2 Å². The van der Waals surface area contributed by atoms with Crippen molar-refractivity contribution in [3.8, 4) is 0 Å². The van der Waals surface area contributed by atoms with Gasteiger partial charge < -0.3 is 25.2 Å². The van der Waals surface area contributed by atoms with Gasteiger partial charge in [-0.25, -0.2) is 0 Å². The van der Waals surface area contributed by atoms with E-state index in [1.807, 2.05) is 0 Å². The van der Waals surface area contributed by atoms with E-state index in [0.717, 1.165) is 0 Å². The second-order valence-electron chi connectivity index (χ2n) is 3.78. The van der Waals surface area contributed by atoms with E-state index in [-0.39, 0.29) is 0 Å². The Hall–Kier alpha value is -0.890. The third-order valence-electron chi connectivity index (χ3n) is 3.12. The summed E-state index contributed by atoms with van der Waals surface area (Å²) in [6, 6.07) is 0. The Labute approximate surface area is 84.3 Å². The average Bonchev–Trinajstić information content (AvgIpc) is 2.37. The molecule has 0 aromatic rings. The molecule has 6 atom stereocenters. The highest BCUT2D eigenvalue weighted by molar-refractivity contribution is 5.18. The van der Waals surface area contributed by atoms with Crippen LogP contribution in [0.4, 0.5) is 0 Å². The van der Waals surface area contributed by atoms with Crippen molar-refractivity contribution in [2.75, 3.05) is 6.61 Å². The molecule has 1 aliphatic carbocycles. The lowest BCUT2D eigenvalue weighted by Crippen LogP contribution is -2.68. The minimum atomic E-state index is -1.79. The fourth-order valence-corrected chi connectivity index (χ4v) is 2.24. The molecule has 4 unspecified atom stereocenters. The van der Waals surface area contributed by atoms with E-state index < -0.39 is 42.7 Å². The molecule has 1 saturated heterocycles. The van der Waals surface area contributed by atoms with Gasteiger partial charge in [-0.05, 0) is 5.53 Å². The molecule has 0 bridgehead atoms. The van der Waals surface area contributed by atoms with Gasteiger partial charge in [0.2, 0.25) is 0 Å².